The Morgan fingerprint density at radius 2 is 1.24 bits per heavy atom. The molecule has 3 aromatic carbocycles. The first-order valence-corrected chi connectivity index (χ1v) is 12.4. The maximum atomic E-state index is 12.4. The van der Waals surface area contributed by atoms with E-state index >= 15 is 0 Å². The van der Waals surface area contributed by atoms with Crippen LogP contribution in [-0.4, -0.2) is 30.4 Å². The largest absolute Gasteiger partial charge is 0.444 e. The number of amides is 2. The molecule has 0 spiro atoms. The second-order valence-corrected chi connectivity index (χ2v) is 11.2. The molecule has 3 aromatic rings. The highest BCUT2D eigenvalue weighted by atomic mass is 16.6. The molecule has 37 heavy (non-hydrogen) atoms. The minimum Gasteiger partial charge on any atom is -0.444 e. The van der Waals surface area contributed by atoms with Crippen molar-refractivity contribution in [1.29, 1.82) is 0 Å². The fourth-order valence-electron chi connectivity index (χ4n) is 4.47. The summed E-state index contributed by atoms with van der Waals surface area (Å²) in [6, 6.07) is 21.8. The quantitative estimate of drug-likeness (QED) is 0.386. The molecule has 0 saturated heterocycles. The Bertz CT molecular complexity index is 1310. The lowest BCUT2D eigenvalue weighted by Crippen LogP contribution is -2.30. The van der Waals surface area contributed by atoms with E-state index in [-0.39, 0.29) is 6.04 Å². The molecular weight excluding hydrogens is 466 g/mol. The van der Waals surface area contributed by atoms with Crippen molar-refractivity contribution >= 4 is 29.2 Å². The molecule has 1 aliphatic heterocycles. The molecule has 194 valence electrons. The van der Waals surface area contributed by atoms with Gasteiger partial charge in [0.15, 0.2) is 0 Å². The molecule has 1 unspecified atom stereocenters. The molecule has 1 aliphatic rings. The fourth-order valence-corrected chi connectivity index (χ4v) is 4.47. The maximum absolute atomic E-state index is 12.4. The third-order valence-electron chi connectivity index (χ3n) is 5.81. The van der Waals surface area contributed by atoms with Gasteiger partial charge in [-0.3, -0.25) is 10.6 Å². The van der Waals surface area contributed by atoms with Crippen molar-refractivity contribution in [2.75, 3.05) is 22.6 Å². The van der Waals surface area contributed by atoms with Crippen LogP contribution in [0.3, 0.4) is 0 Å². The van der Waals surface area contributed by atoms with Crippen molar-refractivity contribution in [3.63, 3.8) is 0 Å². The Kier molecular flexibility index (Phi) is 6.91. The lowest BCUT2D eigenvalue weighted by Gasteiger charge is -2.38. The fraction of sp³-hybridized carbons (Fsp3) is 0.333. The molecule has 7 nitrogen and oxygen atoms in total. The topological polar surface area (TPSA) is 79.9 Å². The van der Waals surface area contributed by atoms with Crippen molar-refractivity contribution in [3.05, 3.63) is 77.9 Å². The summed E-state index contributed by atoms with van der Waals surface area (Å²) >= 11 is 0. The summed E-state index contributed by atoms with van der Waals surface area (Å²) in [7, 11) is 2.03. The summed E-state index contributed by atoms with van der Waals surface area (Å²) in [4.78, 5) is 27.0. The van der Waals surface area contributed by atoms with Gasteiger partial charge in [-0.15, -0.1) is 0 Å². The van der Waals surface area contributed by atoms with Crippen LogP contribution in [0.2, 0.25) is 0 Å². The number of nitrogens with zero attached hydrogens (tertiary/aromatic N) is 1. The SMILES string of the molecule is CN1c2cc(NC(=O)OC(C)(C)C)ccc2-c2ccc(NC(=O)OC(C)(C)C)cc2C1c1ccccc1. The van der Waals surface area contributed by atoms with E-state index in [9.17, 15) is 9.59 Å². The van der Waals surface area contributed by atoms with E-state index in [1.165, 1.54) is 0 Å². The van der Waals surface area contributed by atoms with Gasteiger partial charge in [0.05, 0.1) is 6.04 Å². The number of anilines is 3. The van der Waals surface area contributed by atoms with Crippen LogP contribution < -0.4 is 15.5 Å². The number of carbonyl (C=O) groups is 2. The van der Waals surface area contributed by atoms with Gasteiger partial charge in [0.25, 0.3) is 0 Å². The summed E-state index contributed by atoms with van der Waals surface area (Å²) < 4.78 is 10.9. The standard InChI is InChI=1S/C30H35N3O4/c1-29(2,3)36-27(34)31-20-13-15-22-23-16-14-21(32-28(35)37-30(4,5)6)18-25(23)33(7)26(24(22)17-20)19-11-9-8-10-12-19/h8-18,26H,1-7H3,(H,31,34)(H,32,35). The van der Waals surface area contributed by atoms with Crippen LogP contribution >= 0.6 is 0 Å². The summed E-state index contributed by atoms with van der Waals surface area (Å²) in [6.07, 6.45) is -0.991. The van der Waals surface area contributed by atoms with Crippen molar-refractivity contribution in [2.24, 2.45) is 0 Å². The number of ether oxygens (including phenoxy) is 2. The van der Waals surface area contributed by atoms with E-state index in [1.54, 1.807) is 0 Å². The van der Waals surface area contributed by atoms with Gasteiger partial charge in [-0.1, -0.05) is 42.5 Å². The van der Waals surface area contributed by atoms with Crippen LogP contribution in [0.1, 0.15) is 58.7 Å². The molecule has 0 aliphatic carbocycles. The highest BCUT2D eigenvalue weighted by Gasteiger charge is 2.31. The maximum Gasteiger partial charge on any atom is 0.412 e. The molecule has 2 N–H and O–H groups in total. The van der Waals surface area contributed by atoms with Crippen molar-refractivity contribution in [1.82, 2.24) is 0 Å². The molecular formula is C30H35N3O4. The van der Waals surface area contributed by atoms with Crippen LogP contribution in [0, 0.1) is 0 Å². The highest BCUT2D eigenvalue weighted by molar-refractivity contribution is 5.93. The number of carbonyl (C=O) groups excluding carboxylic acids is 2. The van der Waals surface area contributed by atoms with E-state index in [2.05, 4.69) is 27.7 Å². The second kappa shape index (κ2) is 9.81. The van der Waals surface area contributed by atoms with Gasteiger partial charge < -0.3 is 14.4 Å². The number of fused-ring (bicyclic) bond motifs is 3. The van der Waals surface area contributed by atoms with Gasteiger partial charge in [0, 0.05) is 29.7 Å². The Balaban J connectivity index is 1.74. The van der Waals surface area contributed by atoms with Crippen LogP contribution in [-0.2, 0) is 9.47 Å². The lowest BCUT2D eigenvalue weighted by atomic mass is 9.84. The van der Waals surface area contributed by atoms with Gasteiger partial charge in [-0.25, -0.2) is 9.59 Å². The van der Waals surface area contributed by atoms with Crippen LogP contribution in [0.25, 0.3) is 11.1 Å². The molecule has 0 aromatic heterocycles. The van der Waals surface area contributed by atoms with Crippen molar-refractivity contribution < 1.29 is 19.1 Å². The third kappa shape index (κ3) is 6.23. The monoisotopic (exact) mass is 501 g/mol. The van der Waals surface area contributed by atoms with Crippen molar-refractivity contribution in [3.8, 4) is 11.1 Å². The molecule has 0 saturated carbocycles. The molecule has 0 fully saturated rings. The Labute approximate surface area is 218 Å². The summed E-state index contributed by atoms with van der Waals surface area (Å²) in [5, 5.41) is 5.72. The van der Waals surface area contributed by atoms with E-state index < -0.39 is 23.4 Å². The average Bonchev–Trinajstić information content (AvgIpc) is 2.77. The number of nitrogens with one attached hydrogen (secondary N) is 2. The number of hydrogen-bond donors (Lipinski definition) is 2. The van der Waals surface area contributed by atoms with Crippen LogP contribution in [0.4, 0.5) is 26.7 Å². The zero-order valence-corrected chi connectivity index (χ0v) is 22.5. The molecule has 7 heteroatoms. The minimum absolute atomic E-state index is 0.110. The highest BCUT2D eigenvalue weighted by Crippen LogP contribution is 2.48. The van der Waals surface area contributed by atoms with E-state index in [0.717, 1.165) is 27.9 Å². The number of rotatable bonds is 3. The smallest absolute Gasteiger partial charge is 0.412 e. The molecule has 2 amide bonds. The summed E-state index contributed by atoms with van der Waals surface area (Å²) in [5.74, 6) is 0. The molecule has 1 heterocycles. The zero-order chi connectivity index (χ0) is 27.0. The van der Waals surface area contributed by atoms with Crippen LogP contribution in [0.5, 0.6) is 0 Å². The first-order valence-electron chi connectivity index (χ1n) is 12.4. The molecule has 0 bridgehead atoms. The van der Waals surface area contributed by atoms with E-state index in [1.807, 2.05) is 103 Å². The lowest BCUT2D eigenvalue weighted by molar-refractivity contribution is 0.0624. The molecule has 4 rings (SSSR count). The predicted octanol–water partition coefficient (Wildman–Crippen LogP) is 7.59. The van der Waals surface area contributed by atoms with E-state index in [0.29, 0.717) is 11.4 Å². The minimum atomic E-state index is -0.588. The Morgan fingerprint density at radius 1 is 0.730 bits per heavy atom. The van der Waals surface area contributed by atoms with Gasteiger partial charge in [0.2, 0.25) is 0 Å². The molecule has 1 atom stereocenters. The van der Waals surface area contributed by atoms with Crippen molar-refractivity contribution in [2.45, 2.75) is 58.8 Å². The Hall–Kier alpha value is -4.00. The van der Waals surface area contributed by atoms with Gasteiger partial charge in [0.1, 0.15) is 11.2 Å². The third-order valence-corrected chi connectivity index (χ3v) is 5.81. The second-order valence-electron chi connectivity index (χ2n) is 11.2. The first kappa shape index (κ1) is 26.1. The van der Waals surface area contributed by atoms with Crippen LogP contribution in [0.15, 0.2) is 66.7 Å². The first-order chi connectivity index (χ1) is 17.3. The molecule has 0 radical (unpaired) electrons. The van der Waals surface area contributed by atoms with E-state index in [4.69, 9.17) is 9.47 Å². The summed E-state index contributed by atoms with van der Waals surface area (Å²) in [6.45, 7) is 11.0. The Morgan fingerprint density at radius 3 is 1.78 bits per heavy atom. The van der Waals surface area contributed by atoms with Gasteiger partial charge in [-0.05, 0) is 82.5 Å². The normalized spacial score (nSPS) is 14.8. The summed E-state index contributed by atoms with van der Waals surface area (Å²) in [5.41, 5.74) is 5.37. The number of hydrogen-bond acceptors (Lipinski definition) is 5. The average molecular weight is 502 g/mol. The van der Waals surface area contributed by atoms with Gasteiger partial charge >= 0.3 is 12.2 Å². The zero-order valence-electron chi connectivity index (χ0n) is 22.5. The predicted molar refractivity (Wildman–Crippen MR) is 148 cm³/mol. The van der Waals surface area contributed by atoms with Gasteiger partial charge in [-0.2, -0.15) is 0 Å². The number of benzene rings is 3.